The number of aromatic nitrogens is 1. The van der Waals surface area contributed by atoms with Gasteiger partial charge in [0.2, 0.25) is 5.82 Å². The van der Waals surface area contributed by atoms with Gasteiger partial charge >= 0.3 is 5.69 Å². The zero-order chi connectivity index (χ0) is 13.7. The van der Waals surface area contributed by atoms with Crippen molar-refractivity contribution in [1.82, 2.24) is 10.3 Å². The molecule has 1 aliphatic heterocycles. The third-order valence-corrected chi connectivity index (χ3v) is 3.52. The first kappa shape index (κ1) is 13.7. The predicted octanol–water partition coefficient (Wildman–Crippen LogP) is 1.82. The zero-order valence-corrected chi connectivity index (χ0v) is 11.2. The number of piperidine rings is 1. The molecule has 6 heteroatoms. The number of pyridine rings is 1. The second-order valence-electron chi connectivity index (χ2n) is 4.85. The SMILES string of the molecule is CCN(CC1CCCNC1)c1ncccc1[N+](=O)[O-]. The highest BCUT2D eigenvalue weighted by atomic mass is 16.6. The molecule has 0 bridgehead atoms. The Kier molecular flexibility index (Phi) is 4.68. The first-order chi connectivity index (χ1) is 9.22. The normalized spacial score (nSPS) is 19.1. The van der Waals surface area contributed by atoms with Gasteiger partial charge in [-0.2, -0.15) is 0 Å². The van der Waals surface area contributed by atoms with E-state index >= 15 is 0 Å². The number of anilines is 1. The van der Waals surface area contributed by atoms with E-state index in [1.165, 1.54) is 18.9 Å². The van der Waals surface area contributed by atoms with Crippen molar-refractivity contribution in [2.24, 2.45) is 5.92 Å². The van der Waals surface area contributed by atoms with Crippen LogP contribution in [0.15, 0.2) is 18.3 Å². The van der Waals surface area contributed by atoms with Gasteiger partial charge in [0, 0.05) is 25.4 Å². The first-order valence-electron chi connectivity index (χ1n) is 6.77. The Labute approximate surface area is 113 Å². The number of nitro groups is 1. The van der Waals surface area contributed by atoms with Crippen molar-refractivity contribution in [2.75, 3.05) is 31.1 Å². The standard InChI is InChI=1S/C13H20N4O2/c1-2-16(10-11-5-3-7-14-9-11)13-12(17(18)19)6-4-8-15-13/h4,6,8,11,14H,2-3,5,7,9-10H2,1H3. The van der Waals surface area contributed by atoms with Crippen LogP contribution >= 0.6 is 0 Å². The van der Waals surface area contributed by atoms with E-state index in [-0.39, 0.29) is 10.6 Å². The fraction of sp³-hybridized carbons (Fsp3) is 0.615. The number of hydrogen-bond acceptors (Lipinski definition) is 5. The minimum atomic E-state index is -0.357. The average Bonchev–Trinajstić information content (AvgIpc) is 2.46. The Morgan fingerprint density at radius 3 is 3.11 bits per heavy atom. The summed E-state index contributed by atoms with van der Waals surface area (Å²) >= 11 is 0. The summed E-state index contributed by atoms with van der Waals surface area (Å²) in [5.41, 5.74) is 0.0909. The molecule has 0 aromatic carbocycles. The lowest BCUT2D eigenvalue weighted by Crippen LogP contribution is -2.38. The molecule has 0 radical (unpaired) electrons. The second kappa shape index (κ2) is 6.47. The topological polar surface area (TPSA) is 71.3 Å². The van der Waals surface area contributed by atoms with Crippen molar-refractivity contribution in [3.63, 3.8) is 0 Å². The van der Waals surface area contributed by atoms with Crippen LogP contribution in [0.3, 0.4) is 0 Å². The van der Waals surface area contributed by atoms with Gasteiger partial charge in [-0.25, -0.2) is 4.98 Å². The van der Waals surface area contributed by atoms with Gasteiger partial charge in [-0.15, -0.1) is 0 Å². The molecule has 1 aromatic rings. The zero-order valence-electron chi connectivity index (χ0n) is 11.2. The quantitative estimate of drug-likeness (QED) is 0.648. The molecule has 1 unspecified atom stereocenters. The molecular formula is C13H20N4O2. The van der Waals surface area contributed by atoms with Gasteiger partial charge in [-0.1, -0.05) is 0 Å². The largest absolute Gasteiger partial charge is 0.351 e. The number of hydrogen-bond donors (Lipinski definition) is 1. The molecule has 1 saturated heterocycles. The smallest absolute Gasteiger partial charge is 0.311 e. The molecule has 0 amide bonds. The highest BCUT2D eigenvalue weighted by Crippen LogP contribution is 2.26. The number of nitrogens with zero attached hydrogens (tertiary/aromatic N) is 3. The lowest BCUT2D eigenvalue weighted by atomic mass is 9.99. The minimum Gasteiger partial charge on any atom is -0.351 e. The van der Waals surface area contributed by atoms with E-state index in [9.17, 15) is 10.1 Å². The van der Waals surface area contributed by atoms with E-state index in [0.29, 0.717) is 11.7 Å². The van der Waals surface area contributed by atoms with Gasteiger partial charge in [0.05, 0.1) is 4.92 Å². The van der Waals surface area contributed by atoms with Crippen LogP contribution in [0.5, 0.6) is 0 Å². The third-order valence-electron chi connectivity index (χ3n) is 3.52. The summed E-state index contributed by atoms with van der Waals surface area (Å²) in [6, 6.07) is 3.13. The molecule has 6 nitrogen and oxygen atoms in total. The maximum atomic E-state index is 11.1. The van der Waals surface area contributed by atoms with Crippen molar-refractivity contribution in [3.8, 4) is 0 Å². The molecule has 1 atom stereocenters. The number of nitrogens with one attached hydrogen (secondary N) is 1. The van der Waals surface area contributed by atoms with Crippen LogP contribution in [0.2, 0.25) is 0 Å². The Morgan fingerprint density at radius 2 is 2.47 bits per heavy atom. The van der Waals surface area contributed by atoms with Crippen molar-refractivity contribution in [1.29, 1.82) is 0 Å². The fourth-order valence-electron chi connectivity index (χ4n) is 2.53. The average molecular weight is 264 g/mol. The van der Waals surface area contributed by atoms with Crippen LogP contribution in [0, 0.1) is 16.0 Å². The molecule has 19 heavy (non-hydrogen) atoms. The Bertz CT molecular complexity index is 432. The summed E-state index contributed by atoms with van der Waals surface area (Å²) in [5, 5.41) is 14.4. The van der Waals surface area contributed by atoms with Gasteiger partial charge in [0.1, 0.15) is 0 Å². The van der Waals surface area contributed by atoms with Gasteiger partial charge in [-0.05, 0) is 44.8 Å². The van der Waals surface area contributed by atoms with Crippen molar-refractivity contribution in [3.05, 3.63) is 28.4 Å². The molecule has 2 rings (SSSR count). The van der Waals surface area contributed by atoms with Gasteiger partial charge in [0.15, 0.2) is 0 Å². The maximum Gasteiger partial charge on any atom is 0.311 e. The number of rotatable bonds is 5. The van der Waals surface area contributed by atoms with Gasteiger partial charge < -0.3 is 10.2 Å². The molecule has 1 N–H and O–H groups in total. The summed E-state index contributed by atoms with van der Waals surface area (Å²) in [4.78, 5) is 16.9. The van der Waals surface area contributed by atoms with Crippen LogP contribution < -0.4 is 10.2 Å². The van der Waals surface area contributed by atoms with E-state index in [1.807, 2.05) is 11.8 Å². The molecule has 1 aromatic heterocycles. The highest BCUT2D eigenvalue weighted by Gasteiger charge is 2.23. The van der Waals surface area contributed by atoms with E-state index in [4.69, 9.17) is 0 Å². The molecule has 0 aliphatic carbocycles. The maximum absolute atomic E-state index is 11.1. The molecule has 0 saturated carbocycles. The van der Waals surface area contributed by atoms with Gasteiger partial charge in [-0.3, -0.25) is 10.1 Å². The molecule has 1 fully saturated rings. The third kappa shape index (κ3) is 3.41. The summed E-state index contributed by atoms with van der Waals surface area (Å²) < 4.78 is 0. The lowest BCUT2D eigenvalue weighted by Gasteiger charge is -2.29. The molecule has 0 spiro atoms. The summed E-state index contributed by atoms with van der Waals surface area (Å²) in [7, 11) is 0. The molecule has 104 valence electrons. The van der Waals surface area contributed by atoms with E-state index in [1.54, 1.807) is 12.3 Å². The van der Waals surface area contributed by atoms with E-state index in [2.05, 4.69) is 10.3 Å². The second-order valence-corrected chi connectivity index (χ2v) is 4.85. The van der Waals surface area contributed by atoms with E-state index < -0.39 is 0 Å². The van der Waals surface area contributed by atoms with Gasteiger partial charge in [0.25, 0.3) is 0 Å². The first-order valence-corrected chi connectivity index (χ1v) is 6.77. The monoisotopic (exact) mass is 264 g/mol. The van der Waals surface area contributed by atoms with E-state index in [0.717, 1.165) is 26.2 Å². The summed E-state index contributed by atoms with van der Waals surface area (Å²) in [5.74, 6) is 1.02. The molecule has 1 aliphatic rings. The highest BCUT2D eigenvalue weighted by molar-refractivity contribution is 5.57. The van der Waals surface area contributed by atoms with Crippen molar-refractivity contribution < 1.29 is 4.92 Å². The molecular weight excluding hydrogens is 244 g/mol. The van der Waals surface area contributed by atoms with Crippen LogP contribution in [-0.4, -0.2) is 36.1 Å². The summed E-state index contributed by atoms with van der Waals surface area (Å²) in [6.07, 6.45) is 3.96. The summed E-state index contributed by atoms with van der Waals surface area (Å²) in [6.45, 7) is 5.62. The lowest BCUT2D eigenvalue weighted by molar-refractivity contribution is -0.384. The van der Waals surface area contributed by atoms with Crippen LogP contribution in [-0.2, 0) is 0 Å². The van der Waals surface area contributed by atoms with Crippen molar-refractivity contribution >= 4 is 11.5 Å². The van der Waals surface area contributed by atoms with Crippen LogP contribution in [0.1, 0.15) is 19.8 Å². The van der Waals surface area contributed by atoms with Crippen LogP contribution in [0.4, 0.5) is 11.5 Å². The van der Waals surface area contributed by atoms with Crippen molar-refractivity contribution in [2.45, 2.75) is 19.8 Å². The fourth-order valence-corrected chi connectivity index (χ4v) is 2.53. The Hall–Kier alpha value is -1.69. The Morgan fingerprint density at radius 1 is 1.63 bits per heavy atom. The minimum absolute atomic E-state index is 0.0909. The Balaban J connectivity index is 2.14. The van der Waals surface area contributed by atoms with Crippen LogP contribution in [0.25, 0.3) is 0 Å². The molecule has 2 heterocycles. The predicted molar refractivity (Wildman–Crippen MR) is 74.4 cm³/mol.